The van der Waals surface area contributed by atoms with Gasteiger partial charge in [-0.25, -0.2) is 0 Å². The molecule has 0 spiro atoms. The van der Waals surface area contributed by atoms with Crippen molar-refractivity contribution in [1.82, 2.24) is 5.32 Å². The molecule has 1 atom stereocenters. The lowest BCUT2D eigenvalue weighted by Gasteiger charge is -2.32. The van der Waals surface area contributed by atoms with Gasteiger partial charge < -0.3 is 20.6 Å². The number of phenols is 1. The van der Waals surface area contributed by atoms with E-state index in [9.17, 15) is 10.2 Å². The molecule has 1 aliphatic carbocycles. The number of aliphatic hydroxyl groups is 2. The first-order chi connectivity index (χ1) is 10.7. The summed E-state index contributed by atoms with van der Waals surface area (Å²) in [6.07, 6.45) is 5.84. The van der Waals surface area contributed by atoms with Crippen molar-refractivity contribution in [3.8, 4) is 5.75 Å². The van der Waals surface area contributed by atoms with Crippen LogP contribution in [0.5, 0.6) is 5.75 Å². The maximum atomic E-state index is 9.89. The molecule has 22 heavy (non-hydrogen) atoms. The van der Waals surface area contributed by atoms with E-state index < -0.39 is 0 Å². The second kappa shape index (κ2) is 6.65. The number of rotatable bonds is 4. The predicted octanol–water partition coefficient (Wildman–Crippen LogP) is 1.80. The number of aromatic hydroxyl groups is 1. The number of aliphatic hydroxyl groups excluding tert-OH is 2. The van der Waals surface area contributed by atoms with E-state index in [2.05, 4.69) is 11.4 Å². The summed E-state index contributed by atoms with van der Waals surface area (Å²) in [6.45, 7) is 0.978. The highest BCUT2D eigenvalue weighted by atomic mass is 16.3. The van der Waals surface area contributed by atoms with Crippen LogP contribution in [0.1, 0.15) is 30.4 Å². The molecule has 1 aliphatic heterocycles. The minimum Gasteiger partial charge on any atom is -0.508 e. The molecule has 1 aromatic rings. The summed E-state index contributed by atoms with van der Waals surface area (Å²) in [5.74, 6) is 0.163. The largest absolute Gasteiger partial charge is 0.508 e. The van der Waals surface area contributed by atoms with Gasteiger partial charge in [0.05, 0.1) is 13.2 Å². The maximum absolute atomic E-state index is 9.89. The van der Waals surface area contributed by atoms with Crippen molar-refractivity contribution in [2.45, 2.75) is 38.3 Å². The molecule has 0 saturated heterocycles. The molecule has 0 fully saturated rings. The lowest BCUT2D eigenvalue weighted by atomic mass is 9.82. The van der Waals surface area contributed by atoms with Gasteiger partial charge in [-0.05, 0) is 55.0 Å². The molecule has 1 heterocycles. The fourth-order valence-electron chi connectivity index (χ4n) is 3.44. The fraction of sp³-hybridized carbons (Fsp3) is 0.444. The minimum atomic E-state index is -0.141. The van der Waals surface area contributed by atoms with E-state index in [0.29, 0.717) is 11.6 Å². The molecular formula is C18H23NO3. The molecule has 4 nitrogen and oxygen atoms in total. The first-order valence-electron chi connectivity index (χ1n) is 7.86. The van der Waals surface area contributed by atoms with Crippen molar-refractivity contribution < 1.29 is 15.3 Å². The lowest BCUT2D eigenvalue weighted by Crippen LogP contribution is -2.39. The summed E-state index contributed by atoms with van der Waals surface area (Å²) in [5, 5.41) is 31.9. The third-order valence-electron chi connectivity index (χ3n) is 4.71. The Hall–Kier alpha value is -1.62. The van der Waals surface area contributed by atoms with Gasteiger partial charge in [0, 0.05) is 11.6 Å². The van der Waals surface area contributed by atoms with Crippen LogP contribution in [-0.4, -0.2) is 34.5 Å². The Morgan fingerprint density at radius 3 is 2.77 bits per heavy atom. The molecule has 1 aromatic carbocycles. The highest BCUT2D eigenvalue weighted by Crippen LogP contribution is 2.32. The first-order valence-corrected chi connectivity index (χ1v) is 7.86. The normalized spacial score (nSPS) is 21.5. The Balaban J connectivity index is 1.76. The van der Waals surface area contributed by atoms with Gasteiger partial charge in [0.15, 0.2) is 0 Å². The topological polar surface area (TPSA) is 72.7 Å². The molecule has 0 radical (unpaired) electrons. The van der Waals surface area contributed by atoms with Gasteiger partial charge in [-0.3, -0.25) is 0 Å². The van der Waals surface area contributed by atoms with Crippen LogP contribution in [0, 0.1) is 0 Å². The van der Waals surface area contributed by atoms with E-state index in [-0.39, 0.29) is 19.0 Å². The third kappa shape index (κ3) is 3.09. The van der Waals surface area contributed by atoms with E-state index in [4.69, 9.17) is 5.11 Å². The highest BCUT2D eigenvalue weighted by molar-refractivity contribution is 5.39. The molecule has 4 N–H and O–H groups in total. The van der Waals surface area contributed by atoms with Crippen LogP contribution in [-0.2, 0) is 13.0 Å². The quantitative estimate of drug-likeness (QED) is 0.640. The van der Waals surface area contributed by atoms with Gasteiger partial charge in [0.2, 0.25) is 0 Å². The molecular weight excluding hydrogens is 278 g/mol. The summed E-state index contributed by atoms with van der Waals surface area (Å²) in [7, 11) is 0. The van der Waals surface area contributed by atoms with Crippen molar-refractivity contribution in [2.75, 3.05) is 13.2 Å². The highest BCUT2D eigenvalue weighted by Gasteiger charge is 2.25. The molecule has 0 amide bonds. The summed E-state index contributed by atoms with van der Waals surface area (Å²) in [4.78, 5) is 0. The van der Waals surface area contributed by atoms with Crippen molar-refractivity contribution in [1.29, 1.82) is 0 Å². The van der Waals surface area contributed by atoms with Gasteiger partial charge in [-0.1, -0.05) is 23.8 Å². The summed E-state index contributed by atoms with van der Waals surface area (Å²) in [6, 6.07) is 5.80. The predicted molar refractivity (Wildman–Crippen MR) is 85.6 cm³/mol. The second-order valence-electron chi connectivity index (χ2n) is 6.11. The molecule has 4 heteroatoms. The van der Waals surface area contributed by atoms with Crippen molar-refractivity contribution >= 4 is 0 Å². The van der Waals surface area contributed by atoms with Crippen molar-refractivity contribution in [2.24, 2.45) is 0 Å². The molecule has 2 aliphatic rings. The van der Waals surface area contributed by atoms with E-state index in [0.717, 1.165) is 43.4 Å². The van der Waals surface area contributed by atoms with Crippen molar-refractivity contribution in [3.63, 3.8) is 0 Å². The zero-order valence-electron chi connectivity index (χ0n) is 12.7. The smallest absolute Gasteiger partial charge is 0.121 e. The summed E-state index contributed by atoms with van der Waals surface area (Å²) < 4.78 is 0. The minimum absolute atomic E-state index is 0.141. The number of allylic oxidation sites excluding steroid dienone is 1. The number of hydrogen-bond acceptors (Lipinski definition) is 4. The summed E-state index contributed by atoms with van der Waals surface area (Å²) in [5.41, 5.74) is 5.66. The second-order valence-corrected chi connectivity index (χ2v) is 6.11. The molecule has 3 rings (SSSR count). The number of nitrogens with one attached hydrogen (secondary N) is 1. The van der Waals surface area contributed by atoms with Gasteiger partial charge in [-0.15, -0.1) is 0 Å². The molecule has 0 aromatic heterocycles. The Kier molecular flexibility index (Phi) is 4.62. The number of benzene rings is 1. The fourth-order valence-corrected chi connectivity index (χ4v) is 3.44. The standard InChI is InChI=1S/C18H23NO3/c20-10-13-2-4-16-14(7-13)5-6-19-17(16)8-12-1-3-15(11-21)18(22)9-12/h1-3,9,17,19-22H,4-8,10-11H2. The van der Waals surface area contributed by atoms with E-state index in [1.165, 1.54) is 11.1 Å². The monoisotopic (exact) mass is 301 g/mol. The molecule has 0 bridgehead atoms. The van der Waals surface area contributed by atoms with Crippen LogP contribution in [0.2, 0.25) is 0 Å². The Labute approximate surface area is 130 Å². The van der Waals surface area contributed by atoms with E-state index >= 15 is 0 Å². The van der Waals surface area contributed by atoms with Crippen LogP contribution in [0.25, 0.3) is 0 Å². The zero-order valence-corrected chi connectivity index (χ0v) is 12.7. The van der Waals surface area contributed by atoms with Gasteiger partial charge in [-0.2, -0.15) is 0 Å². The Bertz CT molecular complexity index is 619. The zero-order chi connectivity index (χ0) is 15.5. The van der Waals surface area contributed by atoms with Crippen LogP contribution in [0.15, 0.2) is 41.0 Å². The van der Waals surface area contributed by atoms with Gasteiger partial charge >= 0.3 is 0 Å². The Morgan fingerprint density at radius 2 is 2.05 bits per heavy atom. The van der Waals surface area contributed by atoms with E-state index in [1.807, 2.05) is 6.07 Å². The third-order valence-corrected chi connectivity index (χ3v) is 4.71. The summed E-state index contributed by atoms with van der Waals surface area (Å²) >= 11 is 0. The van der Waals surface area contributed by atoms with Gasteiger partial charge in [0.1, 0.15) is 5.75 Å². The molecule has 1 unspecified atom stereocenters. The Morgan fingerprint density at radius 1 is 1.18 bits per heavy atom. The van der Waals surface area contributed by atoms with Crippen LogP contribution in [0.4, 0.5) is 0 Å². The van der Waals surface area contributed by atoms with Crippen LogP contribution >= 0.6 is 0 Å². The molecule has 118 valence electrons. The van der Waals surface area contributed by atoms with Crippen molar-refractivity contribution in [3.05, 3.63) is 52.1 Å². The SMILES string of the molecule is OCC1=CCC2=C(CCNC2Cc2ccc(CO)c(O)c2)C1. The van der Waals surface area contributed by atoms with Crippen LogP contribution < -0.4 is 5.32 Å². The van der Waals surface area contributed by atoms with Gasteiger partial charge in [0.25, 0.3) is 0 Å². The number of hydrogen-bond donors (Lipinski definition) is 4. The maximum Gasteiger partial charge on any atom is 0.121 e. The van der Waals surface area contributed by atoms with E-state index in [1.54, 1.807) is 12.1 Å². The molecule has 0 saturated carbocycles. The average molecular weight is 301 g/mol. The first kappa shape index (κ1) is 15.3. The lowest BCUT2D eigenvalue weighted by molar-refractivity contribution is 0.275. The van der Waals surface area contributed by atoms with Crippen LogP contribution in [0.3, 0.4) is 0 Å². The average Bonchev–Trinajstić information content (AvgIpc) is 2.55.